The fraction of sp³-hybridized carbons (Fsp3) is 0.125. The van der Waals surface area contributed by atoms with Gasteiger partial charge in [0.1, 0.15) is 23.5 Å². The Morgan fingerprint density at radius 2 is 1.65 bits per heavy atom. The molecule has 120 valence electrons. The van der Waals surface area contributed by atoms with E-state index in [4.69, 9.17) is 5.11 Å². The number of rotatable bonds is 5. The number of hydrogen-bond donors (Lipinski definition) is 2. The highest BCUT2D eigenvalue weighted by molar-refractivity contribution is 5.96. The monoisotopic (exact) mass is 323 g/mol. The summed E-state index contributed by atoms with van der Waals surface area (Å²) in [6.07, 6.45) is -0.300. The molecule has 0 heterocycles. The minimum Gasteiger partial charge on any atom is -0.480 e. The Balaban J connectivity index is 2.18. The Morgan fingerprint density at radius 3 is 2.22 bits per heavy atom. The zero-order valence-corrected chi connectivity index (χ0v) is 11.7. The first-order valence-electron chi connectivity index (χ1n) is 6.60. The highest BCUT2D eigenvalue weighted by atomic mass is 19.1. The van der Waals surface area contributed by atoms with E-state index in [1.165, 1.54) is 18.2 Å². The maximum absolute atomic E-state index is 13.6. The molecule has 23 heavy (non-hydrogen) atoms. The van der Waals surface area contributed by atoms with Gasteiger partial charge in [-0.05, 0) is 23.8 Å². The van der Waals surface area contributed by atoms with Crippen molar-refractivity contribution in [3.8, 4) is 0 Å². The standard InChI is InChI=1S/C16H12F3NO3/c17-11-5-10(6-12(18)8-11)15(21)20-14(16(22)23)7-9-3-1-2-4-13(9)19/h1-6,8,14H,7H2,(H,20,21)(H,22,23)/t14-/m1/s1. The van der Waals surface area contributed by atoms with Gasteiger partial charge in [-0.2, -0.15) is 0 Å². The first-order valence-corrected chi connectivity index (χ1v) is 6.60. The van der Waals surface area contributed by atoms with Crippen LogP contribution in [0.5, 0.6) is 0 Å². The van der Waals surface area contributed by atoms with Crippen LogP contribution < -0.4 is 5.32 Å². The van der Waals surface area contributed by atoms with Crippen molar-refractivity contribution in [1.82, 2.24) is 5.32 Å². The third-order valence-electron chi connectivity index (χ3n) is 3.11. The van der Waals surface area contributed by atoms with Crippen molar-refractivity contribution < 1.29 is 27.9 Å². The predicted octanol–water partition coefficient (Wildman–Crippen LogP) is 2.53. The SMILES string of the molecule is O=C(N[C@H](Cc1ccccc1F)C(=O)O)c1cc(F)cc(F)c1. The number of halogens is 3. The van der Waals surface area contributed by atoms with Gasteiger partial charge < -0.3 is 10.4 Å². The van der Waals surface area contributed by atoms with Gasteiger partial charge in [0, 0.05) is 18.1 Å². The minimum absolute atomic E-state index is 0.102. The second kappa shape index (κ2) is 6.95. The lowest BCUT2D eigenvalue weighted by Crippen LogP contribution is -2.42. The zero-order chi connectivity index (χ0) is 17.0. The summed E-state index contributed by atoms with van der Waals surface area (Å²) in [6.45, 7) is 0. The van der Waals surface area contributed by atoms with Gasteiger partial charge in [0.05, 0.1) is 0 Å². The molecule has 2 aromatic carbocycles. The summed E-state index contributed by atoms with van der Waals surface area (Å²) in [5.41, 5.74) is -0.257. The molecular weight excluding hydrogens is 311 g/mol. The molecule has 2 rings (SSSR count). The van der Waals surface area contributed by atoms with Crippen LogP contribution >= 0.6 is 0 Å². The first-order chi connectivity index (χ1) is 10.9. The van der Waals surface area contributed by atoms with E-state index in [-0.39, 0.29) is 17.5 Å². The van der Waals surface area contributed by atoms with Gasteiger partial charge in [0.2, 0.25) is 0 Å². The molecular formula is C16H12F3NO3. The number of amides is 1. The summed E-state index contributed by atoms with van der Waals surface area (Å²) in [4.78, 5) is 23.2. The molecule has 2 aromatic rings. The molecule has 0 fully saturated rings. The van der Waals surface area contributed by atoms with E-state index in [9.17, 15) is 22.8 Å². The van der Waals surface area contributed by atoms with Crippen molar-refractivity contribution in [3.05, 3.63) is 71.0 Å². The molecule has 0 bridgehead atoms. The number of carboxylic acids is 1. The van der Waals surface area contributed by atoms with Gasteiger partial charge in [-0.1, -0.05) is 18.2 Å². The molecule has 1 amide bonds. The molecule has 0 aliphatic carbocycles. The Bertz CT molecular complexity index is 729. The molecule has 0 unspecified atom stereocenters. The molecule has 0 radical (unpaired) electrons. The number of carboxylic acid groups (broad SMARTS) is 1. The molecule has 0 aliphatic heterocycles. The fourth-order valence-corrected chi connectivity index (χ4v) is 2.01. The molecule has 2 N–H and O–H groups in total. The second-order valence-electron chi connectivity index (χ2n) is 4.82. The largest absolute Gasteiger partial charge is 0.480 e. The quantitative estimate of drug-likeness (QED) is 0.888. The van der Waals surface area contributed by atoms with Crippen LogP contribution in [0.4, 0.5) is 13.2 Å². The Hall–Kier alpha value is -2.83. The first kappa shape index (κ1) is 16.5. The molecule has 0 aromatic heterocycles. The highest BCUT2D eigenvalue weighted by Gasteiger charge is 2.23. The van der Waals surface area contributed by atoms with E-state index in [0.29, 0.717) is 6.07 Å². The van der Waals surface area contributed by atoms with Gasteiger partial charge in [-0.3, -0.25) is 4.79 Å². The average Bonchev–Trinajstić information content (AvgIpc) is 2.47. The number of nitrogens with one attached hydrogen (secondary N) is 1. The normalized spacial score (nSPS) is 11.8. The zero-order valence-electron chi connectivity index (χ0n) is 11.7. The topological polar surface area (TPSA) is 66.4 Å². The number of benzene rings is 2. The number of carbonyl (C=O) groups excluding carboxylic acids is 1. The van der Waals surface area contributed by atoms with Crippen molar-refractivity contribution in [2.75, 3.05) is 0 Å². The van der Waals surface area contributed by atoms with Crippen LogP contribution in [0, 0.1) is 17.5 Å². The smallest absolute Gasteiger partial charge is 0.326 e. The molecule has 4 nitrogen and oxygen atoms in total. The third kappa shape index (κ3) is 4.32. The number of aliphatic carboxylic acids is 1. The Labute approximate surface area is 129 Å². The molecule has 1 atom stereocenters. The summed E-state index contributed by atoms with van der Waals surface area (Å²) >= 11 is 0. The van der Waals surface area contributed by atoms with Gasteiger partial charge in [-0.15, -0.1) is 0 Å². The average molecular weight is 323 g/mol. The van der Waals surface area contributed by atoms with E-state index in [1.807, 2.05) is 0 Å². The van der Waals surface area contributed by atoms with E-state index in [0.717, 1.165) is 18.2 Å². The molecule has 0 aliphatic rings. The van der Waals surface area contributed by atoms with Crippen molar-refractivity contribution in [3.63, 3.8) is 0 Å². The summed E-state index contributed by atoms with van der Waals surface area (Å²) in [7, 11) is 0. The lowest BCUT2D eigenvalue weighted by atomic mass is 10.0. The van der Waals surface area contributed by atoms with Gasteiger partial charge in [0.25, 0.3) is 5.91 Å². The van der Waals surface area contributed by atoms with E-state index in [1.54, 1.807) is 0 Å². The minimum atomic E-state index is -1.44. The second-order valence-corrected chi connectivity index (χ2v) is 4.82. The molecule has 7 heteroatoms. The maximum Gasteiger partial charge on any atom is 0.326 e. The highest BCUT2D eigenvalue weighted by Crippen LogP contribution is 2.11. The lowest BCUT2D eigenvalue weighted by molar-refractivity contribution is -0.139. The fourth-order valence-electron chi connectivity index (χ4n) is 2.01. The summed E-state index contributed by atoms with van der Waals surface area (Å²) < 4.78 is 39.8. The van der Waals surface area contributed by atoms with Gasteiger partial charge in [-0.25, -0.2) is 18.0 Å². The molecule has 0 spiro atoms. The number of hydrogen-bond acceptors (Lipinski definition) is 2. The Kier molecular flexibility index (Phi) is 5.00. The van der Waals surface area contributed by atoms with Crippen LogP contribution in [0.15, 0.2) is 42.5 Å². The third-order valence-corrected chi connectivity index (χ3v) is 3.11. The van der Waals surface area contributed by atoms with Crippen LogP contribution in [-0.2, 0) is 11.2 Å². The molecule has 0 saturated heterocycles. The van der Waals surface area contributed by atoms with Crippen LogP contribution in [0.25, 0.3) is 0 Å². The van der Waals surface area contributed by atoms with E-state index >= 15 is 0 Å². The maximum atomic E-state index is 13.6. The van der Waals surface area contributed by atoms with Crippen LogP contribution in [0.1, 0.15) is 15.9 Å². The van der Waals surface area contributed by atoms with Gasteiger partial charge in [0.15, 0.2) is 0 Å². The van der Waals surface area contributed by atoms with Crippen molar-refractivity contribution >= 4 is 11.9 Å². The Morgan fingerprint density at radius 1 is 1.04 bits per heavy atom. The lowest BCUT2D eigenvalue weighted by Gasteiger charge is -2.15. The van der Waals surface area contributed by atoms with Crippen LogP contribution in [0.2, 0.25) is 0 Å². The molecule has 0 saturated carbocycles. The van der Waals surface area contributed by atoms with E-state index < -0.39 is 35.4 Å². The number of carbonyl (C=O) groups is 2. The van der Waals surface area contributed by atoms with E-state index in [2.05, 4.69) is 5.32 Å². The van der Waals surface area contributed by atoms with Gasteiger partial charge >= 0.3 is 5.97 Å². The van der Waals surface area contributed by atoms with Crippen LogP contribution in [0.3, 0.4) is 0 Å². The summed E-state index contributed by atoms with van der Waals surface area (Å²) in [6, 6.07) is 6.23. The van der Waals surface area contributed by atoms with Crippen molar-refractivity contribution in [2.24, 2.45) is 0 Å². The van der Waals surface area contributed by atoms with Crippen molar-refractivity contribution in [1.29, 1.82) is 0 Å². The predicted molar refractivity (Wildman–Crippen MR) is 75.4 cm³/mol. The summed E-state index contributed by atoms with van der Waals surface area (Å²) in [5, 5.41) is 11.3. The van der Waals surface area contributed by atoms with Crippen molar-refractivity contribution in [2.45, 2.75) is 12.5 Å². The summed E-state index contributed by atoms with van der Waals surface area (Å²) in [5.74, 6) is -4.89. The van der Waals surface area contributed by atoms with Crippen LogP contribution in [-0.4, -0.2) is 23.0 Å².